The van der Waals surface area contributed by atoms with Crippen molar-refractivity contribution in [2.45, 2.75) is 43.3 Å². The summed E-state index contributed by atoms with van der Waals surface area (Å²) in [6.07, 6.45) is -0.987. The summed E-state index contributed by atoms with van der Waals surface area (Å²) in [7, 11) is 0. The second-order valence-electron chi connectivity index (χ2n) is 5.12. The maximum atomic E-state index is 11.7. The molecule has 2 heterocycles. The molecule has 2 aliphatic heterocycles. The van der Waals surface area contributed by atoms with Crippen molar-refractivity contribution in [3.05, 3.63) is 30.3 Å². The Labute approximate surface area is 118 Å². The first kappa shape index (κ1) is 13.1. The molecule has 3 atom stereocenters. The molecule has 0 spiro atoms. The predicted octanol–water partition coefficient (Wildman–Crippen LogP) is 0.880. The van der Waals surface area contributed by atoms with E-state index in [-0.39, 0.29) is 33.1 Å². The summed E-state index contributed by atoms with van der Waals surface area (Å²) in [5.41, 5.74) is 0. The van der Waals surface area contributed by atoms with Gasteiger partial charge in [-0.3, -0.25) is 0 Å². The van der Waals surface area contributed by atoms with Gasteiger partial charge in [0.1, 0.15) is 0 Å². The molecule has 0 unspecified atom stereocenters. The molecule has 19 heavy (non-hydrogen) atoms. The van der Waals surface area contributed by atoms with E-state index >= 15 is 0 Å². The SMILES string of the molecule is CC1(C)O[C@@H]2[C@H](C[Se]c3ccccc3)OC(=O)[C@@H]2O1. The van der Waals surface area contributed by atoms with E-state index in [1.807, 2.05) is 32.0 Å². The summed E-state index contributed by atoms with van der Waals surface area (Å²) in [6.45, 7) is 3.66. The van der Waals surface area contributed by atoms with Crippen LogP contribution in [0.25, 0.3) is 0 Å². The minimum atomic E-state index is -0.688. The average Bonchev–Trinajstić information content (AvgIpc) is 2.84. The number of hydrogen-bond acceptors (Lipinski definition) is 4. The van der Waals surface area contributed by atoms with Crippen LogP contribution in [0.1, 0.15) is 13.8 Å². The molecule has 2 saturated heterocycles. The van der Waals surface area contributed by atoms with Crippen LogP contribution in [0.2, 0.25) is 5.32 Å². The van der Waals surface area contributed by atoms with Crippen LogP contribution in [0, 0.1) is 0 Å². The molecule has 0 aromatic heterocycles. The third kappa shape index (κ3) is 2.70. The number of hydrogen-bond donors (Lipinski definition) is 0. The van der Waals surface area contributed by atoms with E-state index in [2.05, 4.69) is 12.1 Å². The van der Waals surface area contributed by atoms with Gasteiger partial charge in [0.2, 0.25) is 0 Å². The van der Waals surface area contributed by atoms with Crippen molar-refractivity contribution in [3.8, 4) is 0 Å². The number of rotatable bonds is 3. The zero-order chi connectivity index (χ0) is 13.5. The fourth-order valence-electron chi connectivity index (χ4n) is 2.35. The zero-order valence-corrected chi connectivity index (χ0v) is 12.6. The number of cyclic esters (lactones) is 1. The fraction of sp³-hybridized carbons (Fsp3) is 0.500. The quantitative estimate of drug-likeness (QED) is 0.611. The van der Waals surface area contributed by atoms with Crippen LogP contribution >= 0.6 is 0 Å². The number of benzene rings is 1. The van der Waals surface area contributed by atoms with Crippen LogP contribution in [0.3, 0.4) is 0 Å². The van der Waals surface area contributed by atoms with E-state index in [4.69, 9.17) is 14.2 Å². The van der Waals surface area contributed by atoms with Crippen LogP contribution in [0.4, 0.5) is 0 Å². The molecule has 0 saturated carbocycles. The Bertz CT molecular complexity index is 474. The molecule has 1 aromatic rings. The summed E-state index contributed by atoms with van der Waals surface area (Å²) in [5, 5.41) is 0.823. The van der Waals surface area contributed by atoms with Crippen molar-refractivity contribution < 1.29 is 19.0 Å². The molecule has 3 rings (SSSR count). The van der Waals surface area contributed by atoms with Crippen molar-refractivity contribution in [2.75, 3.05) is 0 Å². The first-order chi connectivity index (χ1) is 9.05. The van der Waals surface area contributed by atoms with Gasteiger partial charge in [-0.25, -0.2) is 0 Å². The van der Waals surface area contributed by atoms with E-state index in [1.165, 1.54) is 4.46 Å². The Kier molecular flexibility index (Phi) is 3.39. The molecule has 1 aromatic carbocycles. The number of esters is 1. The summed E-state index contributed by atoms with van der Waals surface area (Å²) < 4.78 is 18.0. The van der Waals surface area contributed by atoms with Crippen molar-refractivity contribution in [3.63, 3.8) is 0 Å². The number of fused-ring (bicyclic) bond motifs is 1. The molecule has 102 valence electrons. The molecule has 4 nitrogen and oxygen atoms in total. The van der Waals surface area contributed by atoms with Crippen LogP contribution in [0.5, 0.6) is 0 Å². The second-order valence-corrected chi connectivity index (χ2v) is 7.41. The molecular formula is C14H16O4Se. The molecule has 0 bridgehead atoms. The van der Waals surface area contributed by atoms with Gasteiger partial charge in [0.25, 0.3) is 0 Å². The summed E-state index contributed by atoms with van der Waals surface area (Å²) in [6, 6.07) is 10.3. The van der Waals surface area contributed by atoms with Crippen LogP contribution in [0.15, 0.2) is 30.3 Å². The third-order valence-corrected chi connectivity index (χ3v) is 5.46. The van der Waals surface area contributed by atoms with Gasteiger partial charge in [-0.1, -0.05) is 0 Å². The molecule has 2 fully saturated rings. The van der Waals surface area contributed by atoms with Gasteiger partial charge in [0.05, 0.1) is 0 Å². The summed E-state index contributed by atoms with van der Waals surface area (Å²) in [4.78, 5) is 11.7. The van der Waals surface area contributed by atoms with Gasteiger partial charge in [-0.2, -0.15) is 0 Å². The molecule has 0 amide bonds. The van der Waals surface area contributed by atoms with Gasteiger partial charge in [-0.15, -0.1) is 0 Å². The summed E-state index contributed by atoms with van der Waals surface area (Å²) >= 11 is 0.275. The minimum absolute atomic E-state index is 0.181. The van der Waals surface area contributed by atoms with Crippen LogP contribution in [-0.4, -0.2) is 45.0 Å². The normalized spacial score (nSPS) is 32.1. The Morgan fingerprint density at radius 3 is 2.68 bits per heavy atom. The second kappa shape index (κ2) is 4.91. The number of carbonyl (C=O) groups is 1. The van der Waals surface area contributed by atoms with Gasteiger partial charge in [-0.05, 0) is 0 Å². The monoisotopic (exact) mass is 328 g/mol. The molecule has 0 N–H and O–H groups in total. The van der Waals surface area contributed by atoms with Gasteiger partial charge >= 0.3 is 118 Å². The summed E-state index contributed by atoms with van der Waals surface area (Å²) in [5.74, 6) is -0.975. The van der Waals surface area contributed by atoms with E-state index in [9.17, 15) is 4.79 Å². The van der Waals surface area contributed by atoms with Gasteiger partial charge < -0.3 is 0 Å². The van der Waals surface area contributed by atoms with Crippen molar-refractivity contribution in [2.24, 2.45) is 0 Å². The molecule has 5 heteroatoms. The molecule has 2 aliphatic rings. The predicted molar refractivity (Wildman–Crippen MR) is 70.3 cm³/mol. The molecular weight excluding hydrogens is 311 g/mol. The van der Waals surface area contributed by atoms with E-state index in [0.29, 0.717) is 0 Å². The van der Waals surface area contributed by atoms with Crippen molar-refractivity contribution in [1.29, 1.82) is 0 Å². The zero-order valence-electron chi connectivity index (χ0n) is 10.9. The molecule has 0 radical (unpaired) electrons. The third-order valence-electron chi connectivity index (χ3n) is 3.15. The van der Waals surface area contributed by atoms with Crippen LogP contribution < -0.4 is 4.46 Å². The molecule has 0 aliphatic carbocycles. The first-order valence-corrected chi connectivity index (χ1v) is 8.36. The van der Waals surface area contributed by atoms with Crippen LogP contribution in [-0.2, 0) is 19.0 Å². The topological polar surface area (TPSA) is 44.8 Å². The maximum absolute atomic E-state index is 11.7. The van der Waals surface area contributed by atoms with Gasteiger partial charge in [0, 0.05) is 0 Å². The van der Waals surface area contributed by atoms with E-state index in [0.717, 1.165) is 5.32 Å². The Morgan fingerprint density at radius 1 is 1.21 bits per heavy atom. The average molecular weight is 327 g/mol. The number of ether oxygens (including phenoxy) is 3. The van der Waals surface area contributed by atoms with E-state index < -0.39 is 11.9 Å². The Morgan fingerprint density at radius 2 is 1.95 bits per heavy atom. The van der Waals surface area contributed by atoms with Crippen molar-refractivity contribution >= 4 is 25.4 Å². The van der Waals surface area contributed by atoms with E-state index in [1.54, 1.807) is 0 Å². The Hall–Kier alpha value is -0.871. The first-order valence-electron chi connectivity index (χ1n) is 6.29. The van der Waals surface area contributed by atoms with Gasteiger partial charge in [0.15, 0.2) is 0 Å². The Balaban J connectivity index is 1.65. The number of carbonyl (C=O) groups excluding carboxylic acids is 1. The fourth-order valence-corrected chi connectivity index (χ4v) is 4.37. The standard InChI is InChI=1S/C14H16O4Se/c1-14(2)17-11-10(16-13(15)12(11)18-14)8-19-9-6-4-3-5-7-9/h3-7,10-12H,8H2,1-2H3/t10-,11+,12+/m0/s1. The van der Waals surface area contributed by atoms with Crippen molar-refractivity contribution in [1.82, 2.24) is 0 Å².